The first-order chi connectivity index (χ1) is 8.00. The quantitative estimate of drug-likeness (QED) is 0.897. The van der Waals surface area contributed by atoms with Gasteiger partial charge in [0.25, 0.3) is 0 Å². The second kappa shape index (κ2) is 5.04. The SMILES string of the molecule is Cc1nc(C)c(C(C)NCC2(C)CCCO2)s1. The van der Waals surface area contributed by atoms with E-state index in [1.165, 1.54) is 11.3 Å². The van der Waals surface area contributed by atoms with Crippen LogP contribution in [0.3, 0.4) is 0 Å². The minimum absolute atomic E-state index is 0.0297. The lowest BCUT2D eigenvalue weighted by Gasteiger charge is -2.25. The van der Waals surface area contributed by atoms with Crippen LogP contribution >= 0.6 is 11.3 Å². The molecular formula is C13H22N2OS. The summed E-state index contributed by atoms with van der Waals surface area (Å²) in [6, 6.07) is 0.363. The monoisotopic (exact) mass is 254 g/mol. The van der Waals surface area contributed by atoms with Gasteiger partial charge in [0.05, 0.1) is 16.3 Å². The van der Waals surface area contributed by atoms with Crippen LogP contribution in [0.25, 0.3) is 0 Å². The molecule has 0 spiro atoms. The topological polar surface area (TPSA) is 34.2 Å². The number of nitrogens with zero attached hydrogens (tertiary/aromatic N) is 1. The molecule has 1 saturated heterocycles. The number of hydrogen-bond donors (Lipinski definition) is 1. The molecule has 4 heteroatoms. The van der Waals surface area contributed by atoms with Gasteiger partial charge in [0.1, 0.15) is 0 Å². The maximum Gasteiger partial charge on any atom is 0.0900 e. The summed E-state index contributed by atoms with van der Waals surface area (Å²) in [7, 11) is 0. The largest absolute Gasteiger partial charge is 0.374 e. The summed E-state index contributed by atoms with van der Waals surface area (Å²) in [6.45, 7) is 10.4. The number of nitrogens with one attached hydrogen (secondary N) is 1. The van der Waals surface area contributed by atoms with Gasteiger partial charge in [0.2, 0.25) is 0 Å². The van der Waals surface area contributed by atoms with Gasteiger partial charge in [-0.15, -0.1) is 11.3 Å². The van der Waals surface area contributed by atoms with E-state index in [1.807, 2.05) is 0 Å². The third-order valence-electron chi connectivity index (χ3n) is 3.42. The van der Waals surface area contributed by atoms with Crippen molar-refractivity contribution < 1.29 is 4.74 Å². The molecule has 2 atom stereocenters. The van der Waals surface area contributed by atoms with E-state index in [2.05, 4.69) is 38.0 Å². The van der Waals surface area contributed by atoms with Gasteiger partial charge >= 0.3 is 0 Å². The van der Waals surface area contributed by atoms with Crippen LogP contribution in [-0.4, -0.2) is 23.7 Å². The average molecular weight is 254 g/mol. The van der Waals surface area contributed by atoms with Crippen molar-refractivity contribution in [3.63, 3.8) is 0 Å². The molecule has 2 heterocycles. The molecule has 0 radical (unpaired) electrons. The smallest absolute Gasteiger partial charge is 0.0900 e. The lowest BCUT2D eigenvalue weighted by atomic mass is 10.0. The summed E-state index contributed by atoms with van der Waals surface area (Å²) in [4.78, 5) is 5.83. The van der Waals surface area contributed by atoms with E-state index in [0.29, 0.717) is 6.04 Å². The van der Waals surface area contributed by atoms with Crippen molar-refractivity contribution in [2.24, 2.45) is 0 Å². The Morgan fingerprint density at radius 2 is 2.29 bits per heavy atom. The lowest BCUT2D eigenvalue weighted by Crippen LogP contribution is -2.38. The Kier molecular flexibility index (Phi) is 3.85. The highest BCUT2D eigenvalue weighted by Gasteiger charge is 2.30. The van der Waals surface area contributed by atoms with E-state index in [0.717, 1.165) is 30.3 Å². The van der Waals surface area contributed by atoms with Gasteiger partial charge in [-0.2, -0.15) is 0 Å². The fourth-order valence-electron chi connectivity index (χ4n) is 2.39. The molecule has 0 amide bonds. The number of aryl methyl sites for hydroxylation is 2. The van der Waals surface area contributed by atoms with Gasteiger partial charge in [0.15, 0.2) is 0 Å². The molecule has 1 aliphatic heterocycles. The zero-order valence-corrected chi connectivity index (χ0v) is 12.0. The normalized spacial score (nSPS) is 26.4. The zero-order valence-electron chi connectivity index (χ0n) is 11.2. The zero-order chi connectivity index (χ0) is 12.5. The molecule has 1 aromatic heterocycles. The highest BCUT2D eigenvalue weighted by Crippen LogP contribution is 2.27. The lowest BCUT2D eigenvalue weighted by molar-refractivity contribution is 0.0191. The molecule has 1 aromatic rings. The Labute approximate surface area is 108 Å². The maximum absolute atomic E-state index is 5.79. The van der Waals surface area contributed by atoms with Crippen molar-refractivity contribution in [2.75, 3.05) is 13.2 Å². The van der Waals surface area contributed by atoms with Crippen LogP contribution < -0.4 is 5.32 Å². The van der Waals surface area contributed by atoms with Gasteiger partial charge < -0.3 is 10.1 Å². The van der Waals surface area contributed by atoms with Crippen LogP contribution in [-0.2, 0) is 4.74 Å². The maximum atomic E-state index is 5.79. The minimum Gasteiger partial charge on any atom is -0.374 e. The van der Waals surface area contributed by atoms with E-state index in [4.69, 9.17) is 4.74 Å². The highest BCUT2D eigenvalue weighted by atomic mass is 32.1. The van der Waals surface area contributed by atoms with E-state index < -0.39 is 0 Å². The van der Waals surface area contributed by atoms with Gasteiger partial charge in [-0.05, 0) is 40.5 Å². The number of rotatable bonds is 4. The minimum atomic E-state index is 0.0297. The fourth-order valence-corrected chi connectivity index (χ4v) is 3.34. The van der Waals surface area contributed by atoms with Crippen LogP contribution in [0.15, 0.2) is 0 Å². The number of thiazole rings is 1. The Bertz CT molecular complexity index is 383. The molecule has 0 saturated carbocycles. The van der Waals surface area contributed by atoms with Crippen LogP contribution in [0.5, 0.6) is 0 Å². The Morgan fingerprint density at radius 3 is 2.82 bits per heavy atom. The second-order valence-electron chi connectivity index (χ2n) is 5.19. The summed E-state index contributed by atoms with van der Waals surface area (Å²) < 4.78 is 5.79. The number of hydrogen-bond acceptors (Lipinski definition) is 4. The molecule has 1 fully saturated rings. The van der Waals surface area contributed by atoms with Gasteiger partial charge in [-0.3, -0.25) is 0 Å². The first kappa shape index (κ1) is 13.0. The Morgan fingerprint density at radius 1 is 1.53 bits per heavy atom. The highest BCUT2D eigenvalue weighted by molar-refractivity contribution is 7.11. The van der Waals surface area contributed by atoms with Crippen LogP contribution in [0, 0.1) is 13.8 Å². The second-order valence-corrected chi connectivity index (χ2v) is 6.42. The molecule has 0 aliphatic carbocycles. The molecule has 1 N–H and O–H groups in total. The van der Waals surface area contributed by atoms with Crippen molar-refractivity contribution >= 4 is 11.3 Å². The van der Waals surface area contributed by atoms with Crippen LogP contribution in [0.2, 0.25) is 0 Å². The predicted molar refractivity (Wildman–Crippen MR) is 71.6 cm³/mol. The van der Waals surface area contributed by atoms with Crippen molar-refractivity contribution in [3.8, 4) is 0 Å². The van der Waals surface area contributed by atoms with Gasteiger partial charge in [-0.1, -0.05) is 0 Å². The average Bonchev–Trinajstić information content (AvgIpc) is 2.83. The molecule has 17 heavy (non-hydrogen) atoms. The molecule has 2 unspecified atom stereocenters. The summed E-state index contributed by atoms with van der Waals surface area (Å²) in [5.41, 5.74) is 1.19. The standard InChI is InChI=1S/C13H22N2OS/c1-9(12-10(2)15-11(3)17-12)14-8-13(4)6-5-7-16-13/h9,14H,5-8H2,1-4H3. The van der Waals surface area contributed by atoms with Crippen molar-refractivity contribution in [2.45, 2.75) is 52.2 Å². The summed E-state index contributed by atoms with van der Waals surface area (Å²) in [5.74, 6) is 0. The first-order valence-corrected chi connectivity index (χ1v) is 7.13. The first-order valence-electron chi connectivity index (χ1n) is 6.31. The van der Waals surface area contributed by atoms with Crippen molar-refractivity contribution in [1.29, 1.82) is 0 Å². The summed E-state index contributed by atoms with van der Waals surface area (Å²) in [6.07, 6.45) is 2.35. The van der Waals surface area contributed by atoms with Crippen molar-refractivity contribution in [1.82, 2.24) is 10.3 Å². The van der Waals surface area contributed by atoms with Crippen LogP contribution in [0.4, 0.5) is 0 Å². The summed E-state index contributed by atoms with van der Waals surface area (Å²) >= 11 is 1.79. The third kappa shape index (κ3) is 3.06. The number of ether oxygens (including phenoxy) is 1. The molecular weight excluding hydrogens is 232 g/mol. The molecule has 3 nitrogen and oxygen atoms in total. The fraction of sp³-hybridized carbons (Fsp3) is 0.769. The molecule has 96 valence electrons. The summed E-state index contributed by atoms with van der Waals surface area (Å²) in [5, 5.41) is 4.73. The molecule has 0 bridgehead atoms. The van der Waals surface area contributed by atoms with Gasteiger partial charge in [0, 0.05) is 24.1 Å². The predicted octanol–water partition coefficient (Wildman–Crippen LogP) is 2.98. The van der Waals surface area contributed by atoms with Crippen LogP contribution in [0.1, 0.15) is 48.3 Å². The number of aromatic nitrogens is 1. The Balaban J connectivity index is 1.93. The van der Waals surface area contributed by atoms with Crippen molar-refractivity contribution in [3.05, 3.63) is 15.6 Å². The third-order valence-corrected chi connectivity index (χ3v) is 4.67. The van der Waals surface area contributed by atoms with Gasteiger partial charge in [-0.25, -0.2) is 4.98 Å². The van der Waals surface area contributed by atoms with E-state index in [1.54, 1.807) is 11.3 Å². The Hall–Kier alpha value is -0.450. The van der Waals surface area contributed by atoms with E-state index in [9.17, 15) is 0 Å². The molecule has 0 aromatic carbocycles. The van der Waals surface area contributed by atoms with E-state index in [-0.39, 0.29) is 5.60 Å². The molecule has 1 aliphatic rings. The molecule has 2 rings (SSSR count). The van der Waals surface area contributed by atoms with E-state index >= 15 is 0 Å².